The Labute approximate surface area is 177 Å². The molecule has 162 valence electrons. The topological polar surface area (TPSA) is 83.1 Å². The average molecular weight is 415 g/mol. The van der Waals surface area contributed by atoms with E-state index >= 15 is 0 Å². The Bertz CT molecular complexity index is 799. The summed E-state index contributed by atoms with van der Waals surface area (Å²) in [7, 11) is 1.26. The number of ether oxygens (including phenoxy) is 4. The van der Waals surface area contributed by atoms with Gasteiger partial charge in [0.05, 0.1) is 20.3 Å². The summed E-state index contributed by atoms with van der Waals surface area (Å²) in [5, 5.41) is 2.54. The summed E-state index contributed by atoms with van der Waals surface area (Å²) in [5.74, 6) is 0.0341. The van der Waals surface area contributed by atoms with Crippen molar-refractivity contribution in [1.82, 2.24) is 5.32 Å². The quantitative estimate of drug-likeness (QED) is 0.492. The molecular formula is C23H29NO6. The molecule has 7 heteroatoms. The third kappa shape index (κ3) is 8.13. The lowest BCUT2D eigenvalue weighted by Crippen LogP contribution is -2.38. The average Bonchev–Trinajstić information content (AvgIpc) is 2.71. The maximum Gasteiger partial charge on any atom is 0.408 e. The van der Waals surface area contributed by atoms with Crippen LogP contribution < -0.4 is 10.1 Å². The van der Waals surface area contributed by atoms with Crippen LogP contribution in [0, 0.1) is 0 Å². The molecule has 30 heavy (non-hydrogen) atoms. The molecule has 2 rings (SSSR count). The third-order valence-electron chi connectivity index (χ3n) is 3.92. The monoisotopic (exact) mass is 415 g/mol. The molecule has 0 fully saturated rings. The van der Waals surface area contributed by atoms with Gasteiger partial charge in [-0.05, 0) is 44.0 Å². The highest BCUT2D eigenvalue weighted by Crippen LogP contribution is 2.20. The van der Waals surface area contributed by atoms with E-state index in [-0.39, 0.29) is 0 Å². The normalized spacial score (nSPS) is 12.0. The standard InChI is InChI=1S/C23H29NO6/c1-23(2,3)30-22(26)24-20(21(25)27-4)18-10-12-19(13-11-18)29-15-14-28-16-17-8-6-5-7-9-17/h5-13,20H,14-16H2,1-4H3,(H,24,26). The number of hydrogen-bond donors (Lipinski definition) is 1. The molecule has 1 N–H and O–H groups in total. The van der Waals surface area contributed by atoms with Gasteiger partial charge in [0, 0.05) is 0 Å². The lowest BCUT2D eigenvalue weighted by molar-refractivity contribution is -0.143. The van der Waals surface area contributed by atoms with Crippen molar-refractivity contribution in [1.29, 1.82) is 0 Å². The summed E-state index contributed by atoms with van der Waals surface area (Å²) in [6.07, 6.45) is -0.700. The van der Waals surface area contributed by atoms with E-state index < -0.39 is 23.7 Å². The minimum atomic E-state index is -0.979. The molecule has 0 saturated carbocycles. The van der Waals surface area contributed by atoms with Gasteiger partial charge >= 0.3 is 12.1 Å². The fourth-order valence-electron chi connectivity index (χ4n) is 2.56. The smallest absolute Gasteiger partial charge is 0.408 e. The van der Waals surface area contributed by atoms with E-state index in [1.807, 2.05) is 30.3 Å². The number of amides is 1. The van der Waals surface area contributed by atoms with Crippen LogP contribution >= 0.6 is 0 Å². The van der Waals surface area contributed by atoms with Crippen molar-refractivity contribution in [2.45, 2.75) is 39.0 Å². The van der Waals surface area contributed by atoms with Gasteiger partial charge in [-0.25, -0.2) is 9.59 Å². The highest BCUT2D eigenvalue weighted by Gasteiger charge is 2.26. The van der Waals surface area contributed by atoms with Crippen LogP contribution in [0.15, 0.2) is 54.6 Å². The van der Waals surface area contributed by atoms with Crippen molar-refractivity contribution in [2.24, 2.45) is 0 Å². The number of alkyl carbamates (subject to hydrolysis) is 1. The molecule has 0 spiro atoms. The highest BCUT2D eigenvalue weighted by molar-refractivity contribution is 5.82. The second-order valence-electron chi connectivity index (χ2n) is 7.56. The highest BCUT2D eigenvalue weighted by atomic mass is 16.6. The number of benzene rings is 2. The molecule has 0 aliphatic carbocycles. The second kappa shape index (κ2) is 11.2. The van der Waals surface area contributed by atoms with Gasteiger partial charge in [0.2, 0.25) is 0 Å². The summed E-state index contributed by atoms with van der Waals surface area (Å²) in [6, 6.07) is 15.8. The van der Waals surface area contributed by atoms with Crippen molar-refractivity contribution in [3.63, 3.8) is 0 Å². The zero-order valence-electron chi connectivity index (χ0n) is 17.8. The number of carbonyl (C=O) groups excluding carboxylic acids is 2. The third-order valence-corrected chi connectivity index (χ3v) is 3.92. The zero-order valence-corrected chi connectivity index (χ0v) is 17.8. The minimum absolute atomic E-state index is 0.392. The van der Waals surface area contributed by atoms with Crippen LogP contribution in [0.2, 0.25) is 0 Å². The van der Waals surface area contributed by atoms with E-state index in [1.54, 1.807) is 45.0 Å². The van der Waals surface area contributed by atoms with Crippen LogP contribution in [0.25, 0.3) is 0 Å². The van der Waals surface area contributed by atoms with E-state index in [9.17, 15) is 9.59 Å². The van der Waals surface area contributed by atoms with Crippen LogP contribution in [0.5, 0.6) is 5.75 Å². The van der Waals surface area contributed by atoms with Gasteiger partial charge in [0.1, 0.15) is 18.0 Å². The molecule has 0 aliphatic heterocycles. The molecule has 0 radical (unpaired) electrons. The van der Waals surface area contributed by atoms with Crippen LogP contribution in [-0.4, -0.2) is 38.0 Å². The summed E-state index contributed by atoms with van der Waals surface area (Å²) >= 11 is 0. The van der Waals surface area contributed by atoms with E-state index in [4.69, 9.17) is 18.9 Å². The molecule has 2 aromatic carbocycles. The maximum absolute atomic E-state index is 12.1. The lowest BCUT2D eigenvalue weighted by atomic mass is 10.1. The molecule has 2 aromatic rings. The van der Waals surface area contributed by atoms with Gasteiger partial charge in [-0.15, -0.1) is 0 Å². The van der Waals surface area contributed by atoms with Gasteiger partial charge in [-0.3, -0.25) is 0 Å². The maximum atomic E-state index is 12.1. The first-order valence-corrected chi connectivity index (χ1v) is 9.70. The molecule has 1 amide bonds. The fraction of sp³-hybridized carbons (Fsp3) is 0.391. The van der Waals surface area contributed by atoms with Gasteiger partial charge in [-0.2, -0.15) is 0 Å². The van der Waals surface area contributed by atoms with Crippen molar-refractivity contribution in [2.75, 3.05) is 20.3 Å². The largest absolute Gasteiger partial charge is 0.491 e. The predicted octanol–water partition coefficient (Wildman–Crippen LogP) is 4.02. The van der Waals surface area contributed by atoms with E-state index in [0.29, 0.717) is 31.1 Å². The first kappa shape index (κ1) is 23.2. The molecule has 1 atom stereocenters. The van der Waals surface area contributed by atoms with Crippen molar-refractivity contribution < 1.29 is 28.5 Å². The summed E-state index contributed by atoms with van der Waals surface area (Å²) < 4.78 is 21.3. The molecule has 0 aliphatic rings. The molecule has 1 unspecified atom stereocenters. The van der Waals surface area contributed by atoms with Crippen LogP contribution in [0.1, 0.15) is 37.9 Å². The van der Waals surface area contributed by atoms with Crippen LogP contribution in [0.4, 0.5) is 4.79 Å². The first-order chi connectivity index (χ1) is 14.3. The molecular weight excluding hydrogens is 386 g/mol. The number of esters is 1. The number of methoxy groups -OCH3 is 1. The zero-order chi connectivity index (χ0) is 22.0. The molecule has 0 saturated heterocycles. The fourth-order valence-corrected chi connectivity index (χ4v) is 2.56. The number of carbonyl (C=O) groups is 2. The molecule has 7 nitrogen and oxygen atoms in total. The summed E-state index contributed by atoms with van der Waals surface area (Å²) in [4.78, 5) is 24.2. The number of nitrogens with one attached hydrogen (secondary N) is 1. The van der Waals surface area contributed by atoms with E-state index in [0.717, 1.165) is 5.56 Å². The van der Waals surface area contributed by atoms with Gasteiger partial charge < -0.3 is 24.3 Å². The Morgan fingerprint density at radius 1 is 0.967 bits per heavy atom. The van der Waals surface area contributed by atoms with E-state index in [2.05, 4.69) is 5.32 Å². The molecule has 0 aromatic heterocycles. The molecule has 0 bridgehead atoms. The van der Waals surface area contributed by atoms with Crippen LogP contribution in [-0.2, 0) is 25.6 Å². The van der Waals surface area contributed by atoms with Crippen molar-refractivity contribution in [3.8, 4) is 5.75 Å². The predicted molar refractivity (Wildman–Crippen MR) is 112 cm³/mol. The lowest BCUT2D eigenvalue weighted by Gasteiger charge is -2.22. The van der Waals surface area contributed by atoms with E-state index in [1.165, 1.54) is 7.11 Å². The van der Waals surface area contributed by atoms with Gasteiger partial charge in [0.15, 0.2) is 6.04 Å². The van der Waals surface area contributed by atoms with Gasteiger partial charge in [0.25, 0.3) is 0 Å². The Morgan fingerprint density at radius 2 is 1.63 bits per heavy atom. The Hall–Kier alpha value is -3.06. The van der Waals surface area contributed by atoms with Crippen LogP contribution in [0.3, 0.4) is 0 Å². The number of rotatable bonds is 9. The Balaban J connectivity index is 1.86. The second-order valence-corrected chi connectivity index (χ2v) is 7.56. The SMILES string of the molecule is COC(=O)C(NC(=O)OC(C)(C)C)c1ccc(OCCOCc2ccccc2)cc1. The first-order valence-electron chi connectivity index (χ1n) is 9.70. The molecule has 0 heterocycles. The van der Waals surface area contributed by atoms with Gasteiger partial charge in [-0.1, -0.05) is 42.5 Å². The summed E-state index contributed by atoms with van der Waals surface area (Å²) in [5.41, 5.74) is 0.985. The Kier molecular flexibility index (Phi) is 8.68. The minimum Gasteiger partial charge on any atom is -0.491 e. The number of hydrogen-bond acceptors (Lipinski definition) is 6. The summed E-state index contributed by atoms with van der Waals surface area (Å²) in [6.45, 7) is 6.60. The Morgan fingerprint density at radius 3 is 2.23 bits per heavy atom. The van der Waals surface area contributed by atoms with Crippen molar-refractivity contribution in [3.05, 3.63) is 65.7 Å². The van der Waals surface area contributed by atoms with Crippen molar-refractivity contribution >= 4 is 12.1 Å².